The van der Waals surface area contributed by atoms with Crippen molar-refractivity contribution < 1.29 is 23.9 Å². The Morgan fingerprint density at radius 2 is 1.62 bits per heavy atom. The molecular formula is C23H24BIN2O5. The molecule has 3 rings (SSSR count). The van der Waals surface area contributed by atoms with Crippen molar-refractivity contribution in [1.82, 2.24) is 10.2 Å². The van der Waals surface area contributed by atoms with Gasteiger partial charge in [-0.3, -0.25) is 9.59 Å². The average Bonchev–Trinajstić information content (AvgIpc) is 3.14. The van der Waals surface area contributed by atoms with Crippen LogP contribution in [0.2, 0.25) is 6.32 Å². The first-order chi connectivity index (χ1) is 15.5. The van der Waals surface area contributed by atoms with Gasteiger partial charge in [-0.15, -0.1) is 0 Å². The number of alkyl carbamates (subject to hydrolysis) is 1. The van der Waals surface area contributed by atoms with Crippen LogP contribution >= 0.6 is 22.6 Å². The Balaban J connectivity index is 1.51. The van der Waals surface area contributed by atoms with Crippen LogP contribution in [0, 0.1) is 0 Å². The van der Waals surface area contributed by atoms with Crippen molar-refractivity contribution in [1.29, 1.82) is 0 Å². The number of nitrogens with one attached hydrogen (secondary N) is 1. The number of carbonyl (C=O) groups excluding carboxylic acids is 3. The van der Waals surface area contributed by atoms with Crippen LogP contribution in [0.5, 0.6) is 0 Å². The van der Waals surface area contributed by atoms with Crippen LogP contribution in [0.25, 0.3) is 11.1 Å². The number of halogens is 1. The van der Waals surface area contributed by atoms with Crippen molar-refractivity contribution in [2.75, 3.05) is 37.3 Å². The van der Waals surface area contributed by atoms with E-state index in [2.05, 4.69) is 52.2 Å². The van der Waals surface area contributed by atoms with E-state index in [-0.39, 0.29) is 45.1 Å². The van der Waals surface area contributed by atoms with E-state index in [9.17, 15) is 14.4 Å². The summed E-state index contributed by atoms with van der Waals surface area (Å²) < 4.78 is 11.1. The van der Waals surface area contributed by atoms with Crippen molar-refractivity contribution in [3.05, 3.63) is 59.7 Å². The summed E-state index contributed by atoms with van der Waals surface area (Å²) >= 11 is 2.09. The molecule has 1 aliphatic rings. The molecule has 0 spiro atoms. The second-order valence-corrected chi connectivity index (χ2v) is 8.26. The van der Waals surface area contributed by atoms with Gasteiger partial charge >= 0.3 is 12.1 Å². The van der Waals surface area contributed by atoms with Crippen LogP contribution in [0.3, 0.4) is 0 Å². The zero-order chi connectivity index (χ0) is 22.9. The third-order valence-corrected chi connectivity index (χ3v) is 5.62. The van der Waals surface area contributed by atoms with Crippen LogP contribution in [0.1, 0.15) is 17.0 Å². The Morgan fingerprint density at radius 3 is 2.22 bits per heavy atom. The minimum Gasteiger partial charge on any atom is -0.464 e. The molecule has 0 heterocycles. The normalized spacial score (nSPS) is 11.9. The van der Waals surface area contributed by atoms with Gasteiger partial charge in [0.05, 0.1) is 7.85 Å². The highest BCUT2D eigenvalue weighted by molar-refractivity contribution is 14.1. The molecule has 0 unspecified atom stereocenters. The number of esters is 1. The van der Waals surface area contributed by atoms with Crippen LogP contribution in [0.4, 0.5) is 4.79 Å². The highest BCUT2D eigenvalue weighted by Crippen LogP contribution is 2.44. The smallest absolute Gasteiger partial charge is 0.407 e. The number of alkyl halides is 1. The molecule has 1 N–H and O–H groups in total. The lowest BCUT2D eigenvalue weighted by atomic mass is 9.98. The van der Waals surface area contributed by atoms with Gasteiger partial charge < -0.3 is 19.7 Å². The van der Waals surface area contributed by atoms with Gasteiger partial charge in [0.15, 0.2) is 0 Å². The zero-order valence-corrected chi connectivity index (χ0v) is 19.7. The number of fused-ring (bicyclic) bond motifs is 3. The van der Waals surface area contributed by atoms with E-state index in [4.69, 9.17) is 17.3 Å². The quantitative estimate of drug-likeness (QED) is 0.215. The molecule has 0 aromatic heterocycles. The van der Waals surface area contributed by atoms with Gasteiger partial charge in [-0.1, -0.05) is 71.1 Å². The molecule has 9 heteroatoms. The van der Waals surface area contributed by atoms with Crippen molar-refractivity contribution in [2.24, 2.45) is 0 Å². The number of nitrogens with zero attached hydrogens (tertiary/aromatic N) is 1. The number of ether oxygens (including phenoxy) is 2. The van der Waals surface area contributed by atoms with Gasteiger partial charge in [0, 0.05) is 23.4 Å². The van der Waals surface area contributed by atoms with Gasteiger partial charge in [-0.05, 0) is 28.6 Å². The summed E-state index contributed by atoms with van der Waals surface area (Å²) in [7, 11) is 5.42. The number of carbonyl (C=O) groups is 3. The topological polar surface area (TPSA) is 84.9 Å². The highest BCUT2D eigenvalue weighted by atomic mass is 127. The first kappa shape index (κ1) is 24.1. The van der Waals surface area contributed by atoms with Crippen LogP contribution < -0.4 is 5.32 Å². The Morgan fingerprint density at radius 1 is 1.00 bits per heavy atom. The lowest BCUT2D eigenvalue weighted by Crippen LogP contribution is -2.41. The predicted octanol–water partition coefficient (Wildman–Crippen LogP) is 2.92. The van der Waals surface area contributed by atoms with Crippen molar-refractivity contribution >= 4 is 48.4 Å². The third kappa shape index (κ3) is 6.02. The van der Waals surface area contributed by atoms with Gasteiger partial charge in [0.25, 0.3) is 0 Å². The minimum atomic E-state index is -0.584. The Bertz CT molecular complexity index is 925. The summed E-state index contributed by atoms with van der Waals surface area (Å²) in [6.45, 7) is 0.524. The van der Waals surface area contributed by atoms with E-state index in [1.54, 1.807) is 0 Å². The summed E-state index contributed by atoms with van der Waals surface area (Å²) in [5.74, 6) is -0.938. The third-order valence-electron chi connectivity index (χ3n) is 5.18. The van der Waals surface area contributed by atoms with Crippen LogP contribution in [-0.2, 0) is 19.1 Å². The first-order valence-electron chi connectivity index (χ1n) is 10.3. The minimum absolute atomic E-state index is 0.0314. The number of rotatable bonds is 10. The largest absolute Gasteiger partial charge is 0.464 e. The van der Waals surface area contributed by atoms with Gasteiger partial charge in [-0.25, -0.2) is 4.79 Å². The molecule has 1 aliphatic carbocycles. The summed E-state index contributed by atoms with van der Waals surface area (Å²) in [5, 5.41) is 2.63. The van der Waals surface area contributed by atoms with E-state index in [1.165, 1.54) is 4.90 Å². The maximum atomic E-state index is 12.3. The molecule has 0 fully saturated rings. The second-order valence-electron chi connectivity index (χ2n) is 7.18. The van der Waals surface area contributed by atoms with E-state index in [0.29, 0.717) is 4.43 Å². The SMILES string of the molecule is [B]CC(=O)N(CCNC(=O)OCC1c2ccccc2-c2ccccc21)CC(=O)OCCI. The Labute approximate surface area is 202 Å². The van der Waals surface area contributed by atoms with Gasteiger partial charge in [0.2, 0.25) is 5.91 Å². The molecule has 2 aromatic carbocycles. The number of hydrogen-bond donors (Lipinski definition) is 1. The van der Waals surface area contributed by atoms with E-state index in [1.807, 2.05) is 24.3 Å². The van der Waals surface area contributed by atoms with E-state index >= 15 is 0 Å². The fourth-order valence-electron chi connectivity index (χ4n) is 3.72. The molecule has 0 bridgehead atoms. The highest BCUT2D eigenvalue weighted by Gasteiger charge is 2.29. The van der Waals surface area contributed by atoms with Gasteiger partial charge in [-0.2, -0.15) is 0 Å². The summed E-state index contributed by atoms with van der Waals surface area (Å²) in [5.41, 5.74) is 4.57. The molecule has 2 amide bonds. The van der Waals surface area contributed by atoms with Crippen molar-refractivity contribution in [2.45, 2.75) is 12.2 Å². The summed E-state index contributed by atoms with van der Waals surface area (Å²) in [6, 6.07) is 16.2. The fraction of sp³-hybridized carbons (Fsp3) is 0.348. The van der Waals surface area contributed by atoms with E-state index < -0.39 is 18.0 Å². The van der Waals surface area contributed by atoms with E-state index in [0.717, 1.165) is 22.3 Å². The predicted molar refractivity (Wildman–Crippen MR) is 130 cm³/mol. The molecule has 2 radical (unpaired) electrons. The monoisotopic (exact) mass is 546 g/mol. The standard InChI is InChI=1S/C23H24BIN2O5/c24-13-21(28)27(14-22(29)31-12-9-25)11-10-26-23(30)32-15-20-18-7-3-1-5-16(18)17-6-2-4-8-19(17)20/h1-8,20H,9-15H2,(H,26,30). The fourth-order valence-corrected chi connectivity index (χ4v) is 3.94. The number of amides is 2. The Hall–Kier alpha value is -2.56. The molecule has 2 aromatic rings. The van der Waals surface area contributed by atoms with Crippen molar-refractivity contribution in [3.8, 4) is 11.1 Å². The summed E-state index contributed by atoms with van der Waals surface area (Å²) in [6.07, 6.45) is -0.815. The van der Waals surface area contributed by atoms with Crippen LogP contribution in [0.15, 0.2) is 48.5 Å². The summed E-state index contributed by atoms with van der Waals surface area (Å²) in [4.78, 5) is 37.3. The second kappa shape index (κ2) is 11.9. The Kier molecular flexibility index (Phi) is 8.95. The number of benzene rings is 2. The molecular weight excluding hydrogens is 522 g/mol. The molecule has 0 atom stereocenters. The lowest BCUT2D eigenvalue weighted by molar-refractivity contribution is -0.148. The average molecular weight is 546 g/mol. The van der Waals surface area contributed by atoms with Gasteiger partial charge in [0.1, 0.15) is 19.8 Å². The molecule has 0 saturated carbocycles. The maximum absolute atomic E-state index is 12.3. The molecule has 32 heavy (non-hydrogen) atoms. The number of hydrogen-bond acceptors (Lipinski definition) is 5. The zero-order valence-electron chi connectivity index (χ0n) is 17.6. The van der Waals surface area contributed by atoms with Crippen molar-refractivity contribution in [3.63, 3.8) is 0 Å². The van der Waals surface area contributed by atoms with Crippen LogP contribution in [-0.4, -0.2) is 68.0 Å². The molecule has 0 saturated heterocycles. The first-order valence-corrected chi connectivity index (χ1v) is 11.9. The molecule has 7 nitrogen and oxygen atoms in total. The molecule has 166 valence electrons. The molecule has 0 aliphatic heterocycles. The lowest BCUT2D eigenvalue weighted by Gasteiger charge is -2.21. The maximum Gasteiger partial charge on any atom is 0.407 e.